The van der Waals surface area contributed by atoms with Gasteiger partial charge in [0, 0.05) is 32.3 Å². The zero-order valence-corrected chi connectivity index (χ0v) is 19.3. The molecule has 0 bridgehead atoms. The highest BCUT2D eigenvalue weighted by molar-refractivity contribution is 6.77. The van der Waals surface area contributed by atoms with Crippen LogP contribution in [0, 0.1) is 0 Å². The standard InChI is InChI=1S/C21H39NO4Si/c1-15(2)27(16(3)4,17(5)6)25-14-20-12-18(21(23)26-20)8-10-22-11-9-19(13-22)24-7/h12,15-17,19-20H,8-11,13-14H2,1-7H3/t19-,20-/m0/s1. The lowest BCUT2D eigenvalue weighted by atomic mass is 10.1. The van der Waals surface area contributed by atoms with E-state index in [1.807, 2.05) is 6.08 Å². The van der Waals surface area contributed by atoms with Crippen molar-refractivity contribution in [3.8, 4) is 0 Å². The van der Waals surface area contributed by atoms with Crippen molar-refractivity contribution in [3.63, 3.8) is 0 Å². The molecule has 2 aliphatic heterocycles. The highest BCUT2D eigenvalue weighted by Gasteiger charge is 2.45. The van der Waals surface area contributed by atoms with Gasteiger partial charge in [0.1, 0.15) is 6.10 Å². The van der Waals surface area contributed by atoms with E-state index in [0.29, 0.717) is 29.3 Å². The summed E-state index contributed by atoms with van der Waals surface area (Å²) in [6.45, 7) is 17.0. The number of carbonyl (C=O) groups excluding carboxylic acids is 1. The van der Waals surface area contributed by atoms with Gasteiger partial charge in [-0.15, -0.1) is 0 Å². The fourth-order valence-corrected chi connectivity index (χ4v) is 10.5. The Labute approximate surface area is 166 Å². The quantitative estimate of drug-likeness (QED) is 0.409. The van der Waals surface area contributed by atoms with E-state index < -0.39 is 8.32 Å². The van der Waals surface area contributed by atoms with Crippen molar-refractivity contribution in [1.29, 1.82) is 0 Å². The van der Waals surface area contributed by atoms with Gasteiger partial charge in [-0.3, -0.25) is 0 Å². The molecule has 2 atom stereocenters. The molecule has 27 heavy (non-hydrogen) atoms. The number of likely N-dealkylation sites (tertiary alicyclic amines) is 1. The summed E-state index contributed by atoms with van der Waals surface area (Å²) >= 11 is 0. The molecule has 0 aliphatic carbocycles. The monoisotopic (exact) mass is 397 g/mol. The average molecular weight is 398 g/mol. The Balaban J connectivity index is 1.91. The molecule has 0 radical (unpaired) electrons. The number of hydrogen-bond donors (Lipinski definition) is 0. The molecule has 2 heterocycles. The lowest BCUT2D eigenvalue weighted by Gasteiger charge is -2.42. The summed E-state index contributed by atoms with van der Waals surface area (Å²) < 4.78 is 17.6. The van der Waals surface area contributed by atoms with Crippen molar-refractivity contribution < 1.29 is 18.7 Å². The Morgan fingerprint density at radius 1 is 1.19 bits per heavy atom. The van der Waals surface area contributed by atoms with Crippen LogP contribution < -0.4 is 0 Å². The number of cyclic esters (lactones) is 1. The van der Waals surface area contributed by atoms with Crippen LogP contribution in [0.15, 0.2) is 11.6 Å². The molecule has 2 aliphatic rings. The predicted molar refractivity (Wildman–Crippen MR) is 111 cm³/mol. The van der Waals surface area contributed by atoms with Crippen LogP contribution in [-0.4, -0.2) is 64.7 Å². The molecule has 156 valence electrons. The molecule has 0 unspecified atom stereocenters. The smallest absolute Gasteiger partial charge is 0.334 e. The van der Waals surface area contributed by atoms with E-state index in [0.717, 1.165) is 38.0 Å². The number of nitrogens with zero attached hydrogens (tertiary/aromatic N) is 1. The molecular formula is C21H39NO4Si. The van der Waals surface area contributed by atoms with Crippen LogP contribution in [0.2, 0.25) is 16.6 Å². The van der Waals surface area contributed by atoms with Gasteiger partial charge in [0.25, 0.3) is 0 Å². The minimum Gasteiger partial charge on any atom is -0.452 e. The summed E-state index contributed by atoms with van der Waals surface area (Å²) in [6, 6.07) is 0. The number of carbonyl (C=O) groups is 1. The zero-order chi connectivity index (χ0) is 20.2. The number of methoxy groups -OCH3 is 1. The minimum absolute atomic E-state index is 0.169. The molecule has 1 saturated heterocycles. The first-order chi connectivity index (χ1) is 12.7. The van der Waals surface area contributed by atoms with Gasteiger partial charge in [-0.05, 0) is 35.5 Å². The van der Waals surface area contributed by atoms with Gasteiger partial charge in [0.2, 0.25) is 8.32 Å². The van der Waals surface area contributed by atoms with Gasteiger partial charge in [-0.1, -0.05) is 41.5 Å². The van der Waals surface area contributed by atoms with Gasteiger partial charge < -0.3 is 18.8 Å². The van der Waals surface area contributed by atoms with Crippen LogP contribution in [-0.2, 0) is 18.7 Å². The second-order valence-electron chi connectivity index (χ2n) is 8.96. The Kier molecular flexibility index (Phi) is 8.10. The Bertz CT molecular complexity index is 511. The van der Waals surface area contributed by atoms with E-state index in [9.17, 15) is 4.79 Å². The van der Waals surface area contributed by atoms with E-state index in [1.54, 1.807) is 7.11 Å². The third kappa shape index (κ3) is 5.22. The van der Waals surface area contributed by atoms with Crippen LogP contribution >= 0.6 is 0 Å². The minimum atomic E-state index is -1.93. The molecule has 0 aromatic heterocycles. The molecule has 6 heteroatoms. The number of ether oxygens (including phenoxy) is 2. The van der Waals surface area contributed by atoms with Crippen molar-refractivity contribution in [2.75, 3.05) is 33.4 Å². The van der Waals surface area contributed by atoms with Crippen molar-refractivity contribution in [3.05, 3.63) is 11.6 Å². The Hall–Kier alpha value is -0.693. The fraction of sp³-hybridized carbons (Fsp3) is 0.857. The van der Waals surface area contributed by atoms with E-state index in [2.05, 4.69) is 46.4 Å². The summed E-state index contributed by atoms with van der Waals surface area (Å²) in [5.74, 6) is -0.169. The molecule has 2 rings (SSSR count). The molecule has 1 fully saturated rings. The highest BCUT2D eigenvalue weighted by atomic mass is 28.4. The second kappa shape index (κ2) is 9.68. The van der Waals surface area contributed by atoms with Crippen molar-refractivity contribution in [2.24, 2.45) is 0 Å². The molecule has 0 aromatic carbocycles. The molecule has 0 amide bonds. The summed E-state index contributed by atoms with van der Waals surface area (Å²) in [5, 5.41) is 0. The van der Waals surface area contributed by atoms with E-state index in [4.69, 9.17) is 13.9 Å². The maximum Gasteiger partial charge on any atom is 0.334 e. The number of esters is 1. The van der Waals surface area contributed by atoms with Crippen LogP contribution in [0.1, 0.15) is 54.4 Å². The molecule has 0 spiro atoms. The van der Waals surface area contributed by atoms with Crippen molar-refractivity contribution >= 4 is 14.3 Å². The third-order valence-electron chi connectivity index (χ3n) is 6.37. The van der Waals surface area contributed by atoms with Crippen LogP contribution in [0.4, 0.5) is 0 Å². The molecule has 5 nitrogen and oxygen atoms in total. The van der Waals surface area contributed by atoms with Crippen LogP contribution in [0.3, 0.4) is 0 Å². The van der Waals surface area contributed by atoms with Gasteiger partial charge >= 0.3 is 5.97 Å². The van der Waals surface area contributed by atoms with Gasteiger partial charge in [0.05, 0.1) is 12.7 Å². The normalized spacial score (nSPS) is 24.4. The van der Waals surface area contributed by atoms with E-state index in [1.165, 1.54) is 0 Å². The summed E-state index contributed by atoms with van der Waals surface area (Å²) in [4.78, 5) is 14.6. The number of hydrogen-bond acceptors (Lipinski definition) is 5. The first-order valence-corrected chi connectivity index (χ1v) is 12.7. The lowest BCUT2D eigenvalue weighted by Crippen LogP contribution is -2.49. The highest BCUT2D eigenvalue weighted by Crippen LogP contribution is 2.42. The predicted octanol–water partition coefficient (Wildman–Crippen LogP) is 4.14. The molecule has 0 saturated carbocycles. The largest absolute Gasteiger partial charge is 0.452 e. The van der Waals surface area contributed by atoms with Gasteiger partial charge in [-0.25, -0.2) is 4.79 Å². The topological polar surface area (TPSA) is 48.0 Å². The summed E-state index contributed by atoms with van der Waals surface area (Å²) in [7, 11) is -0.165. The molecular weight excluding hydrogens is 358 g/mol. The van der Waals surface area contributed by atoms with Gasteiger partial charge in [0.15, 0.2) is 0 Å². The second-order valence-corrected chi connectivity index (χ2v) is 14.4. The summed E-state index contributed by atoms with van der Waals surface area (Å²) in [6.07, 6.45) is 3.90. The lowest BCUT2D eigenvalue weighted by molar-refractivity contribution is -0.140. The Morgan fingerprint density at radius 3 is 2.33 bits per heavy atom. The summed E-state index contributed by atoms with van der Waals surface area (Å²) in [5.41, 5.74) is 2.39. The van der Waals surface area contributed by atoms with Crippen molar-refractivity contribution in [2.45, 2.75) is 83.2 Å². The average Bonchev–Trinajstić information content (AvgIpc) is 3.18. The van der Waals surface area contributed by atoms with Crippen LogP contribution in [0.25, 0.3) is 0 Å². The first kappa shape index (κ1) is 22.6. The third-order valence-corrected chi connectivity index (χ3v) is 12.5. The van der Waals surface area contributed by atoms with Crippen LogP contribution in [0.5, 0.6) is 0 Å². The van der Waals surface area contributed by atoms with E-state index in [-0.39, 0.29) is 12.1 Å². The zero-order valence-electron chi connectivity index (χ0n) is 18.3. The maximum absolute atomic E-state index is 12.3. The number of rotatable bonds is 10. The Morgan fingerprint density at radius 2 is 1.81 bits per heavy atom. The van der Waals surface area contributed by atoms with Crippen molar-refractivity contribution in [1.82, 2.24) is 4.90 Å². The first-order valence-electron chi connectivity index (χ1n) is 10.5. The maximum atomic E-state index is 12.3. The fourth-order valence-electron chi connectivity index (χ4n) is 5.00. The molecule has 0 aromatic rings. The SMILES string of the molecule is CO[C@H]1CCN(CCC2=C[C@@H](CO[Si](C(C)C)(C(C)C)C(C)C)OC2=O)C1. The van der Waals surface area contributed by atoms with E-state index >= 15 is 0 Å². The van der Waals surface area contributed by atoms with Gasteiger partial charge in [-0.2, -0.15) is 0 Å². The molecule has 0 N–H and O–H groups in total.